The molecule has 0 aliphatic heterocycles. The molecule has 0 N–H and O–H groups in total. The number of hydrogen-bond acceptors (Lipinski definition) is 3. The van der Waals surface area contributed by atoms with Crippen LogP contribution in [0.25, 0.3) is 0 Å². The van der Waals surface area contributed by atoms with Crippen LogP contribution >= 0.6 is 0 Å². The first-order valence-electron chi connectivity index (χ1n) is 6.29. The smallest absolute Gasteiger partial charge is 0.453 e. The molecule has 0 bridgehead atoms. The maximum absolute atomic E-state index is 12.7. The molecule has 3 nitrogen and oxygen atoms in total. The number of carbonyl (C=O) groups excluding carboxylic acids is 1. The van der Waals surface area contributed by atoms with Crippen LogP contribution in [0.5, 0.6) is 17.2 Å². The Labute approximate surface area is 131 Å². The molecular formula is C15H8F6O3. The van der Waals surface area contributed by atoms with Crippen molar-refractivity contribution in [3.8, 4) is 17.2 Å². The van der Waals surface area contributed by atoms with Gasteiger partial charge in [-0.2, -0.15) is 13.2 Å². The van der Waals surface area contributed by atoms with Crippen LogP contribution in [-0.2, 0) is 6.18 Å². The Balaban J connectivity index is 2.43. The number of aldehydes is 1. The van der Waals surface area contributed by atoms with Gasteiger partial charge in [-0.15, -0.1) is 13.2 Å². The molecule has 0 aromatic heterocycles. The lowest BCUT2D eigenvalue weighted by atomic mass is 10.1. The van der Waals surface area contributed by atoms with Crippen LogP contribution in [0.2, 0.25) is 0 Å². The molecule has 9 heteroatoms. The maximum Gasteiger partial charge on any atom is 0.573 e. The van der Waals surface area contributed by atoms with Crippen molar-refractivity contribution in [2.75, 3.05) is 0 Å². The van der Waals surface area contributed by atoms with Gasteiger partial charge in [-0.25, -0.2) is 0 Å². The quantitative estimate of drug-likeness (QED) is 0.561. The summed E-state index contributed by atoms with van der Waals surface area (Å²) in [6, 6.07) is 6.56. The molecule has 2 aromatic rings. The average Bonchev–Trinajstić information content (AvgIpc) is 2.47. The van der Waals surface area contributed by atoms with Gasteiger partial charge >= 0.3 is 12.5 Å². The Morgan fingerprint density at radius 3 is 2.00 bits per heavy atom. The molecule has 0 fully saturated rings. The highest BCUT2D eigenvalue weighted by atomic mass is 19.4. The van der Waals surface area contributed by atoms with Crippen molar-refractivity contribution in [3.63, 3.8) is 0 Å². The maximum atomic E-state index is 12.7. The molecule has 0 saturated heterocycles. The number of halogens is 6. The van der Waals surface area contributed by atoms with Gasteiger partial charge in [-0.3, -0.25) is 4.79 Å². The van der Waals surface area contributed by atoms with Gasteiger partial charge in [0.05, 0.1) is 11.1 Å². The number of benzene rings is 2. The molecule has 24 heavy (non-hydrogen) atoms. The van der Waals surface area contributed by atoms with E-state index in [1.54, 1.807) is 0 Å². The number of rotatable bonds is 4. The van der Waals surface area contributed by atoms with E-state index in [0.29, 0.717) is 12.1 Å². The number of hydrogen-bond donors (Lipinski definition) is 0. The lowest BCUT2D eigenvalue weighted by Gasteiger charge is -2.15. The highest BCUT2D eigenvalue weighted by molar-refractivity contribution is 5.79. The zero-order chi connectivity index (χ0) is 18.0. The van der Waals surface area contributed by atoms with Crippen molar-refractivity contribution in [1.29, 1.82) is 0 Å². The highest BCUT2D eigenvalue weighted by Crippen LogP contribution is 2.38. The Bertz CT molecular complexity index is 737. The van der Waals surface area contributed by atoms with Crippen molar-refractivity contribution in [3.05, 3.63) is 53.6 Å². The SMILES string of the molecule is O=Cc1ccc(C(F)(F)F)cc1Oc1ccccc1OC(F)(F)F. The fourth-order valence-electron chi connectivity index (χ4n) is 1.76. The molecule has 0 heterocycles. The second kappa shape index (κ2) is 6.42. The standard InChI is InChI=1S/C15H8F6O3/c16-14(17,18)10-6-5-9(8-22)13(7-10)23-11-3-1-2-4-12(11)24-15(19,20)21/h1-8H. The van der Waals surface area contributed by atoms with E-state index in [-0.39, 0.29) is 11.8 Å². The minimum atomic E-state index is -5.01. The van der Waals surface area contributed by atoms with E-state index >= 15 is 0 Å². The van der Waals surface area contributed by atoms with Crippen molar-refractivity contribution in [2.24, 2.45) is 0 Å². The molecule has 128 valence electrons. The molecule has 2 aromatic carbocycles. The fraction of sp³-hybridized carbons (Fsp3) is 0.133. The van der Waals surface area contributed by atoms with Gasteiger partial charge in [0.1, 0.15) is 5.75 Å². The summed E-state index contributed by atoms with van der Waals surface area (Å²) in [7, 11) is 0. The van der Waals surface area contributed by atoms with Crippen molar-refractivity contribution in [2.45, 2.75) is 12.5 Å². The Morgan fingerprint density at radius 2 is 1.46 bits per heavy atom. The first kappa shape index (κ1) is 17.6. The topological polar surface area (TPSA) is 35.5 Å². The summed E-state index contributed by atoms with van der Waals surface area (Å²) in [5, 5.41) is 0. The monoisotopic (exact) mass is 350 g/mol. The van der Waals surface area contributed by atoms with Crippen LogP contribution < -0.4 is 9.47 Å². The molecule has 0 saturated carbocycles. The van der Waals surface area contributed by atoms with E-state index in [4.69, 9.17) is 4.74 Å². The molecule has 0 radical (unpaired) electrons. The van der Waals surface area contributed by atoms with Crippen LogP contribution in [0, 0.1) is 0 Å². The first-order chi connectivity index (χ1) is 11.1. The third-order valence-electron chi connectivity index (χ3n) is 2.76. The van der Waals surface area contributed by atoms with Crippen LogP contribution in [0.1, 0.15) is 15.9 Å². The van der Waals surface area contributed by atoms with E-state index < -0.39 is 35.4 Å². The van der Waals surface area contributed by atoms with Gasteiger partial charge in [-0.05, 0) is 30.3 Å². The summed E-state index contributed by atoms with van der Waals surface area (Å²) in [6.45, 7) is 0. The summed E-state index contributed by atoms with van der Waals surface area (Å²) in [5.41, 5.74) is -1.37. The van der Waals surface area contributed by atoms with Gasteiger partial charge in [0.15, 0.2) is 17.8 Å². The fourth-order valence-corrected chi connectivity index (χ4v) is 1.76. The lowest BCUT2D eigenvalue weighted by Crippen LogP contribution is -2.17. The molecular weight excluding hydrogens is 342 g/mol. The van der Waals surface area contributed by atoms with Crippen molar-refractivity contribution < 1.29 is 40.6 Å². The third-order valence-corrected chi connectivity index (χ3v) is 2.76. The average molecular weight is 350 g/mol. The van der Waals surface area contributed by atoms with Crippen molar-refractivity contribution >= 4 is 6.29 Å². The first-order valence-corrected chi connectivity index (χ1v) is 6.29. The third kappa shape index (κ3) is 4.40. The second-order valence-corrected chi connectivity index (χ2v) is 4.46. The molecule has 0 unspecified atom stereocenters. The molecule has 0 spiro atoms. The minimum absolute atomic E-state index is 0.225. The van der Waals surface area contributed by atoms with Crippen LogP contribution in [0.4, 0.5) is 26.3 Å². The zero-order valence-corrected chi connectivity index (χ0v) is 11.6. The molecule has 0 amide bonds. The lowest BCUT2D eigenvalue weighted by molar-refractivity contribution is -0.275. The molecule has 0 aliphatic rings. The van der Waals surface area contributed by atoms with Crippen LogP contribution in [0.3, 0.4) is 0 Å². The second-order valence-electron chi connectivity index (χ2n) is 4.46. The largest absolute Gasteiger partial charge is 0.573 e. The Hall–Kier alpha value is -2.71. The number of carbonyl (C=O) groups is 1. The predicted molar refractivity (Wildman–Crippen MR) is 70.0 cm³/mol. The number of para-hydroxylation sites is 2. The van der Waals surface area contributed by atoms with Gasteiger partial charge in [0.2, 0.25) is 0 Å². The van der Waals surface area contributed by atoms with Gasteiger partial charge in [0.25, 0.3) is 0 Å². The normalized spacial score (nSPS) is 11.9. The Morgan fingerprint density at radius 1 is 0.833 bits per heavy atom. The van der Waals surface area contributed by atoms with Crippen LogP contribution in [-0.4, -0.2) is 12.6 Å². The van der Waals surface area contributed by atoms with E-state index in [0.717, 1.165) is 18.2 Å². The molecule has 2 rings (SSSR count). The Kier molecular flexibility index (Phi) is 4.72. The minimum Gasteiger partial charge on any atom is -0.453 e. The van der Waals surface area contributed by atoms with E-state index in [2.05, 4.69) is 4.74 Å². The van der Waals surface area contributed by atoms with E-state index in [1.807, 2.05) is 0 Å². The van der Waals surface area contributed by atoms with E-state index in [9.17, 15) is 31.1 Å². The van der Waals surface area contributed by atoms with Gasteiger partial charge in [-0.1, -0.05) is 12.1 Å². The predicted octanol–water partition coefficient (Wildman–Crippen LogP) is 5.21. The van der Waals surface area contributed by atoms with Crippen molar-refractivity contribution in [1.82, 2.24) is 0 Å². The summed E-state index contributed by atoms with van der Waals surface area (Å²) < 4.78 is 84.0. The van der Waals surface area contributed by atoms with Crippen LogP contribution in [0.15, 0.2) is 42.5 Å². The highest BCUT2D eigenvalue weighted by Gasteiger charge is 2.33. The number of ether oxygens (including phenoxy) is 2. The van der Waals surface area contributed by atoms with E-state index in [1.165, 1.54) is 12.1 Å². The number of alkyl halides is 6. The molecule has 0 aliphatic carbocycles. The van der Waals surface area contributed by atoms with Gasteiger partial charge < -0.3 is 9.47 Å². The summed E-state index contributed by atoms with van der Waals surface area (Å²) in [4.78, 5) is 10.9. The molecule has 0 atom stereocenters. The zero-order valence-electron chi connectivity index (χ0n) is 11.6. The summed E-state index contributed by atoms with van der Waals surface area (Å²) in [6.07, 6.45) is -9.50. The summed E-state index contributed by atoms with van der Waals surface area (Å²) >= 11 is 0. The van der Waals surface area contributed by atoms with Gasteiger partial charge in [0, 0.05) is 0 Å². The summed E-state index contributed by atoms with van der Waals surface area (Å²) in [5.74, 6) is -1.78.